The van der Waals surface area contributed by atoms with Crippen LogP contribution < -0.4 is 10.6 Å². The highest BCUT2D eigenvalue weighted by Gasteiger charge is 2.45. The minimum absolute atomic E-state index is 0.367. The summed E-state index contributed by atoms with van der Waals surface area (Å²) < 4.78 is 0. The molecule has 33 heavy (non-hydrogen) atoms. The lowest BCUT2D eigenvalue weighted by Crippen LogP contribution is -2.55. The van der Waals surface area contributed by atoms with Gasteiger partial charge in [0.15, 0.2) is 0 Å². The Labute approximate surface area is 199 Å². The second-order valence-corrected chi connectivity index (χ2v) is 10.3. The minimum atomic E-state index is 0.367. The molecule has 2 aliphatic rings. The molecule has 1 aliphatic heterocycles. The lowest BCUT2D eigenvalue weighted by molar-refractivity contribution is 0.220. The van der Waals surface area contributed by atoms with Crippen LogP contribution in [0.4, 0.5) is 11.5 Å². The molecule has 176 valence electrons. The molecule has 1 atom stereocenters. The van der Waals surface area contributed by atoms with Crippen molar-refractivity contribution in [2.45, 2.75) is 91.4 Å². The number of anilines is 2. The summed E-state index contributed by atoms with van der Waals surface area (Å²) >= 11 is 0. The fourth-order valence-electron chi connectivity index (χ4n) is 5.85. The number of benzene rings is 1. The van der Waals surface area contributed by atoms with Crippen LogP contribution in [0.3, 0.4) is 0 Å². The van der Waals surface area contributed by atoms with Gasteiger partial charge in [-0.1, -0.05) is 53.0 Å². The van der Waals surface area contributed by atoms with Crippen LogP contribution in [-0.2, 0) is 19.3 Å². The van der Waals surface area contributed by atoms with Crippen molar-refractivity contribution >= 4 is 11.5 Å². The summed E-state index contributed by atoms with van der Waals surface area (Å²) in [7, 11) is 0. The van der Waals surface area contributed by atoms with Crippen molar-refractivity contribution in [1.29, 1.82) is 5.26 Å². The van der Waals surface area contributed by atoms with E-state index in [1.165, 1.54) is 36.8 Å². The molecule has 1 spiro atoms. The van der Waals surface area contributed by atoms with Crippen LogP contribution in [0.1, 0.15) is 106 Å². The van der Waals surface area contributed by atoms with E-state index >= 15 is 0 Å². The van der Waals surface area contributed by atoms with Crippen LogP contribution in [-0.4, -0.2) is 23.1 Å². The first-order valence-corrected chi connectivity index (χ1v) is 12.9. The Kier molecular flexibility index (Phi) is 6.93. The van der Waals surface area contributed by atoms with Gasteiger partial charge in [0.2, 0.25) is 0 Å². The summed E-state index contributed by atoms with van der Waals surface area (Å²) in [4.78, 5) is 12.6. The fourth-order valence-corrected chi connectivity index (χ4v) is 5.85. The minimum Gasteiger partial charge on any atom is -0.398 e. The van der Waals surface area contributed by atoms with E-state index in [4.69, 9.17) is 15.7 Å². The largest absolute Gasteiger partial charge is 0.398 e. The Morgan fingerprint density at radius 3 is 2.45 bits per heavy atom. The molecule has 1 saturated heterocycles. The molecule has 1 aliphatic carbocycles. The third-order valence-electron chi connectivity index (χ3n) is 7.93. The molecule has 1 saturated carbocycles. The zero-order valence-electron chi connectivity index (χ0n) is 20.9. The number of aryl methyl sites for hydroxylation is 1. The average molecular weight is 446 g/mol. The molecule has 2 heterocycles. The molecular weight excluding hydrogens is 406 g/mol. The molecule has 1 aromatic carbocycles. The van der Waals surface area contributed by atoms with Crippen molar-refractivity contribution in [3.63, 3.8) is 0 Å². The van der Waals surface area contributed by atoms with Crippen molar-refractivity contribution in [3.8, 4) is 6.07 Å². The maximum absolute atomic E-state index is 9.97. The zero-order valence-corrected chi connectivity index (χ0v) is 20.9. The van der Waals surface area contributed by atoms with Crippen LogP contribution in [0.25, 0.3) is 0 Å². The highest BCUT2D eigenvalue weighted by Crippen LogP contribution is 2.47. The van der Waals surface area contributed by atoms with Gasteiger partial charge in [0.05, 0.1) is 11.3 Å². The van der Waals surface area contributed by atoms with Crippen LogP contribution >= 0.6 is 0 Å². The van der Waals surface area contributed by atoms with Gasteiger partial charge in [-0.05, 0) is 48.8 Å². The van der Waals surface area contributed by atoms with Crippen molar-refractivity contribution < 1.29 is 0 Å². The summed E-state index contributed by atoms with van der Waals surface area (Å²) in [5, 5.41) is 9.97. The number of hydrogen-bond donors (Lipinski definition) is 1. The Hall–Kier alpha value is -2.61. The number of hydrogen-bond acceptors (Lipinski definition) is 5. The second-order valence-electron chi connectivity index (χ2n) is 10.3. The third-order valence-corrected chi connectivity index (χ3v) is 7.93. The maximum atomic E-state index is 9.97. The van der Waals surface area contributed by atoms with Crippen molar-refractivity contribution in [2.75, 3.05) is 23.7 Å². The van der Waals surface area contributed by atoms with Crippen LogP contribution in [0.2, 0.25) is 0 Å². The summed E-state index contributed by atoms with van der Waals surface area (Å²) in [6, 6.07) is 6.40. The van der Waals surface area contributed by atoms with E-state index in [-0.39, 0.29) is 0 Å². The van der Waals surface area contributed by atoms with Crippen molar-refractivity contribution in [2.24, 2.45) is 5.41 Å². The first kappa shape index (κ1) is 23.5. The highest BCUT2D eigenvalue weighted by molar-refractivity contribution is 5.62. The summed E-state index contributed by atoms with van der Waals surface area (Å²) in [5.74, 6) is 2.41. The predicted molar refractivity (Wildman–Crippen MR) is 136 cm³/mol. The van der Waals surface area contributed by atoms with Gasteiger partial charge in [-0.2, -0.15) is 5.26 Å². The molecule has 1 aromatic heterocycles. The van der Waals surface area contributed by atoms with Gasteiger partial charge in [-0.15, -0.1) is 0 Å². The Bertz CT molecular complexity index is 1040. The summed E-state index contributed by atoms with van der Waals surface area (Å²) in [5.41, 5.74) is 12.6. The van der Waals surface area contributed by atoms with Gasteiger partial charge in [0, 0.05) is 42.6 Å². The molecule has 5 heteroatoms. The number of nitrogens with two attached hydrogens (primary N) is 1. The van der Waals surface area contributed by atoms with Crippen molar-refractivity contribution in [3.05, 3.63) is 45.9 Å². The number of nitrogen functional groups attached to an aromatic ring is 1. The monoisotopic (exact) mass is 445 g/mol. The zero-order chi connectivity index (χ0) is 23.6. The van der Waals surface area contributed by atoms with Gasteiger partial charge >= 0.3 is 0 Å². The number of rotatable bonds is 8. The summed E-state index contributed by atoms with van der Waals surface area (Å²) in [6.07, 6.45) is 9.95. The molecule has 4 rings (SSSR count). The topological polar surface area (TPSA) is 78.8 Å². The van der Waals surface area contributed by atoms with E-state index in [0.717, 1.165) is 61.7 Å². The standard InChI is InChI=1S/C28H39N5/c1-5-10-21-25(15-22-20(19(4)6-2)11-12-24(30)23(22)16-29)31-26(7-3)32-27(21)33-17-28(18-33)13-8-9-14-28/h11-12,19H,5-10,13-15,17-18,30H2,1-4H3/t19-/m0/s1. The molecule has 5 nitrogen and oxygen atoms in total. The SMILES string of the molecule is CCCc1c(Cc2c([C@@H](C)CC)ccc(N)c2C#N)nc(CC)nc1N1CC2(CCCC2)C1. The molecule has 0 unspecified atom stereocenters. The fraction of sp³-hybridized carbons (Fsp3) is 0.607. The quantitative estimate of drug-likeness (QED) is 0.509. The normalized spacial score (nSPS) is 17.7. The third kappa shape index (κ3) is 4.45. The Morgan fingerprint density at radius 1 is 1.12 bits per heavy atom. The molecular formula is C28H39N5. The maximum Gasteiger partial charge on any atom is 0.135 e. The summed E-state index contributed by atoms with van der Waals surface area (Å²) in [6.45, 7) is 11.0. The van der Waals surface area contributed by atoms with E-state index in [0.29, 0.717) is 29.0 Å². The van der Waals surface area contributed by atoms with E-state index < -0.39 is 0 Å². The van der Waals surface area contributed by atoms with Crippen LogP contribution in [0.5, 0.6) is 0 Å². The lowest BCUT2D eigenvalue weighted by atomic mass is 9.78. The number of nitriles is 1. The van der Waals surface area contributed by atoms with Gasteiger partial charge in [-0.3, -0.25) is 0 Å². The lowest BCUT2D eigenvalue weighted by Gasteiger charge is -2.49. The molecule has 0 bridgehead atoms. The molecule has 0 radical (unpaired) electrons. The van der Waals surface area contributed by atoms with Gasteiger partial charge < -0.3 is 10.6 Å². The van der Waals surface area contributed by atoms with E-state index in [1.54, 1.807) is 0 Å². The van der Waals surface area contributed by atoms with E-state index in [1.807, 2.05) is 6.07 Å². The Balaban J connectivity index is 1.78. The van der Waals surface area contributed by atoms with Gasteiger partial charge in [0.1, 0.15) is 17.7 Å². The number of nitrogens with zero attached hydrogens (tertiary/aromatic N) is 4. The van der Waals surface area contributed by atoms with Crippen LogP contribution in [0, 0.1) is 16.7 Å². The highest BCUT2D eigenvalue weighted by atomic mass is 15.3. The van der Waals surface area contributed by atoms with Crippen molar-refractivity contribution in [1.82, 2.24) is 9.97 Å². The predicted octanol–water partition coefficient (Wildman–Crippen LogP) is 5.93. The molecule has 2 N–H and O–H groups in total. The first-order chi connectivity index (χ1) is 15.9. The van der Waals surface area contributed by atoms with E-state index in [2.05, 4.69) is 44.7 Å². The number of aromatic nitrogens is 2. The first-order valence-electron chi connectivity index (χ1n) is 12.9. The van der Waals surface area contributed by atoms with E-state index in [9.17, 15) is 5.26 Å². The molecule has 2 aromatic rings. The smallest absolute Gasteiger partial charge is 0.135 e. The molecule has 0 amide bonds. The van der Waals surface area contributed by atoms with Gasteiger partial charge in [-0.25, -0.2) is 9.97 Å². The Morgan fingerprint density at radius 2 is 1.85 bits per heavy atom. The van der Waals surface area contributed by atoms with Gasteiger partial charge in [0.25, 0.3) is 0 Å². The average Bonchev–Trinajstić information content (AvgIpc) is 3.29. The second kappa shape index (κ2) is 9.71. The van der Waals surface area contributed by atoms with Crippen LogP contribution in [0.15, 0.2) is 12.1 Å². The molecule has 2 fully saturated rings.